The lowest BCUT2D eigenvalue weighted by atomic mass is 10.0. The van der Waals surface area contributed by atoms with Gasteiger partial charge in [0.05, 0.1) is 6.04 Å². The van der Waals surface area contributed by atoms with E-state index in [0.29, 0.717) is 18.9 Å². The molecular weight excluding hydrogens is 284 g/mol. The second-order valence-corrected chi connectivity index (χ2v) is 5.59. The van der Waals surface area contributed by atoms with Crippen molar-refractivity contribution >= 4 is 29.1 Å². The average molecular weight is 307 g/mol. The van der Waals surface area contributed by atoms with E-state index < -0.39 is 6.04 Å². The van der Waals surface area contributed by atoms with Gasteiger partial charge in [0, 0.05) is 6.54 Å². The lowest BCUT2D eigenvalue weighted by Gasteiger charge is -2.14. The number of nitrogens with one attached hydrogen (secondary N) is 1. The number of benzene rings is 2. The number of halogens is 1. The van der Waals surface area contributed by atoms with Gasteiger partial charge in [0.1, 0.15) is 0 Å². The van der Waals surface area contributed by atoms with E-state index in [0.717, 1.165) is 5.56 Å². The standard InChI is InChI=1S/C17H22N2O.ClH/c1-12(2)10-16(18)17(20)19-11-14-8-5-7-13-6-3-4-9-15(13)14;/h3-9,12,16H,10-11,18H2,1-2H3,(H,19,20);1H/t16-;/m0./s1. The summed E-state index contributed by atoms with van der Waals surface area (Å²) >= 11 is 0. The monoisotopic (exact) mass is 306 g/mol. The second kappa shape index (κ2) is 8.01. The summed E-state index contributed by atoms with van der Waals surface area (Å²) in [5.74, 6) is 0.347. The van der Waals surface area contributed by atoms with E-state index in [4.69, 9.17) is 5.73 Å². The fourth-order valence-corrected chi connectivity index (χ4v) is 2.37. The smallest absolute Gasteiger partial charge is 0.237 e. The van der Waals surface area contributed by atoms with Gasteiger partial charge in [-0.2, -0.15) is 0 Å². The van der Waals surface area contributed by atoms with Gasteiger partial charge in [-0.3, -0.25) is 4.79 Å². The van der Waals surface area contributed by atoms with Crippen LogP contribution in [0.5, 0.6) is 0 Å². The summed E-state index contributed by atoms with van der Waals surface area (Å²) in [6.07, 6.45) is 0.710. The minimum absolute atomic E-state index is 0. The highest BCUT2D eigenvalue weighted by molar-refractivity contribution is 5.86. The molecule has 4 heteroatoms. The highest BCUT2D eigenvalue weighted by atomic mass is 35.5. The van der Waals surface area contributed by atoms with Gasteiger partial charge in [-0.05, 0) is 28.7 Å². The van der Waals surface area contributed by atoms with Gasteiger partial charge < -0.3 is 11.1 Å². The molecule has 0 bridgehead atoms. The van der Waals surface area contributed by atoms with E-state index in [1.165, 1.54) is 10.8 Å². The van der Waals surface area contributed by atoms with Crippen molar-refractivity contribution in [1.29, 1.82) is 0 Å². The summed E-state index contributed by atoms with van der Waals surface area (Å²) in [6, 6.07) is 13.9. The van der Waals surface area contributed by atoms with Crippen LogP contribution in [0.2, 0.25) is 0 Å². The molecule has 0 aliphatic rings. The van der Waals surface area contributed by atoms with E-state index >= 15 is 0 Å². The van der Waals surface area contributed by atoms with E-state index in [9.17, 15) is 4.79 Å². The number of carbonyl (C=O) groups excluding carboxylic acids is 1. The Labute approximate surface area is 132 Å². The molecule has 0 unspecified atom stereocenters. The van der Waals surface area contributed by atoms with Crippen molar-refractivity contribution in [1.82, 2.24) is 5.32 Å². The van der Waals surface area contributed by atoms with Gasteiger partial charge in [0.15, 0.2) is 0 Å². The van der Waals surface area contributed by atoms with Crippen LogP contribution < -0.4 is 11.1 Å². The van der Waals surface area contributed by atoms with Gasteiger partial charge in [-0.25, -0.2) is 0 Å². The Morgan fingerprint density at radius 3 is 2.52 bits per heavy atom. The lowest BCUT2D eigenvalue weighted by Crippen LogP contribution is -2.41. The van der Waals surface area contributed by atoms with Crippen LogP contribution >= 0.6 is 12.4 Å². The third kappa shape index (κ3) is 4.73. The molecule has 0 saturated heterocycles. The first-order valence-electron chi connectivity index (χ1n) is 7.08. The van der Waals surface area contributed by atoms with Crippen molar-refractivity contribution in [3.63, 3.8) is 0 Å². The molecule has 0 aliphatic heterocycles. The zero-order valence-electron chi connectivity index (χ0n) is 12.5. The van der Waals surface area contributed by atoms with Crippen molar-refractivity contribution < 1.29 is 4.79 Å². The zero-order valence-corrected chi connectivity index (χ0v) is 13.3. The topological polar surface area (TPSA) is 55.1 Å². The quantitative estimate of drug-likeness (QED) is 0.891. The number of rotatable bonds is 5. The normalized spacial score (nSPS) is 12.0. The summed E-state index contributed by atoms with van der Waals surface area (Å²) < 4.78 is 0. The Kier molecular flexibility index (Phi) is 6.66. The maximum atomic E-state index is 12.0. The molecule has 2 aromatic rings. The summed E-state index contributed by atoms with van der Waals surface area (Å²) in [7, 11) is 0. The second-order valence-electron chi connectivity index (χ2n) is 5.59. The molecule has 3 N–H and O–H groups in total. The average Bonchev–Trinajstić information content (AvgIpc) is 2.44. The Morgan fingerprint density at radius 1 is 1.14 bits per heavy atom. The summed E-state index contributed by atoms with van der Waals surface area (Å²) in [5, 5.41) is 5.29. The fraction of sp³-hybridized carbons (Fsp3) is 0.353. The predicted molar refractivity (Wildman–Crippen MR) is 90.5 cm³/mol. The molecule has 114 valence electrons. The molecule has 1 atom stereocenters. The fourth-order valence-electron chi connectivity index (χ4n) is 2.37. The van der Waals surface area contributed by atoms with Gasteiger partial charge >= 0.3 is 0 Å². The van der Waals surface area contributed by atoms with E-state index in [2.05, 4.69) is 37.4 Å². The maximum Gasteiger partial charge on any atom is 0.237 e. The lowest BCUT2D eigenvalue weighted by molar-refractivity contribution is -0.122. The summed E-state index contributed by atoms with van der Waals surface area (Å²) in [5.41, 5.74) is 7.00. The van der Waals surface area contributed by atoms with Gasteiger partial charge in [0.2, 0.25) is 5.91 Å². The molecule has 0 heterocycles. The first kappa shape index (κ1) is 17.5. The Balaban J connectivity index is 0.00000220. The van der Waals surface area contributed by atoms with Gasteiger partial charge in [-0.1, -0.05) is 56.3 Å². The van der Waals surface area contributed by atoms with Crippen LogP contribution in [0, 0.1) is 5.92 Å². The van der Waals surface area contributed by atoms with Crippen molar-refractivity contribution in [2.45, 2.75) is 32.9 Å². The Hall–Kier alpha value is -1.58. The molecule has 1 amide bonds. The molecular formula is C17H23ClN2O. The molecule has 0 saturated carbocycles. The first-order valence-corrected chi connectivity index (χ1v) is 7.08. The number of amides is 1. The summed E-state index contributed by atoms with van der Waals surface area (Å²) in [4.78, 5) is 12.0. The first-order chi connectivity index (χ1) is 9.58. The molecule has 2 rings (SSSR count). The van der Waals surface area contributed by atoms with Crippen LogP contribution in [0.1, 0.15) is 25.8 Å². The summed E-state index contributed by atoms with van der Waals surface area (Å²) in [6.45, 7) is 4.65. The van der Waals surface area contributed by atoms with Crippen LogP contribution in [0.4, 0.5) is 0 Å². The molecule has 21 heavy (non-hydrogen) atoms. The Bertz CT molecular complexity index is 593. The molecule has 0 spiro atoms. The molecule has 0 aliphatic carbocycles. The number of carbonyl (C=O) groups is 1. The molecule has 0 aromatic heterocycles. The third-order valence-corrected chi connectivity index (χ3v) is 3.40. The van der Waals surface area contributed by atoms with Crippen molar-refractivity contribution in [2.75, 3.05) is 0 Å². The van der Waals surface area contributed by atoms with Crippen molar-refractivity contribution in [3.8, 4) is 0 Å². The Morgan fingerprint density at radius 2 is 1.81 bits per heavy atom. The van der Waals surface area contributed by atoms with Crippen LogP contribution in [0.15, 0.2) is 42.5 Å². The highest BCUT2D eigenvalue weighted by Gasteiger charge is 2.14. The number of hydrogen-bond donors (Lipinski definition) is 2. The molecule has 0 fully saturated rings. The van der Waals surface area contributed by atoms with Gasteiger partial charge in [0.25, 0.3) is 0 Å². The molecule has 0 radical (unpaired) electrons. The minimum atomic E-state index is -0.426. The van der Waals surface area contributed by atoms with Crippen LogP contribution in [0.3, 0.4) is 0 Å². The minimum Gasteiger partial charge on any atom is -0.351 e. The van der Waals surface area contributed by atoms with Crippen molar-refractivity contribution in [2.24, 2.45) is 11.7 Å². The van der Waals surface area contributed by atoms with E-state index in [1.54, 1.807) is 0 Å². The zero-order chi connectivity index (χ0) is 14.5. The van der Waals surface area contributed by atoms with Gasteiger partial charge in [-0.15, -0.1) is 12.4 Å². The molecule has 2 aromatic carbocycles. The van der Waals surface area contributed by atoms with Crippen molar-refractivity contribution in [3.05, 3.63) is 48.0 Å². The van der Waals surface area contributed by atoms with Crippen LogP contribution in [0.25, 0.3) is 10.8 Å². The van der Waals surface area contributed by atoms with E-state index in [1.807, 2.05) is 24.3 Å². The predicted octanol–water partition coefficient (Wildman–Crippen LogP) is 3.25. The number of hydrogen-bond acceptors (Lipinski definition) is 2. The highest BCUT2D eigenvalue weighted by Crippen LogP contribution is 2.18. The third-order valence-electron chi connectivity index (χ3n) is 3.40. The molecule has 3 nitrogen and oxygen atoms in total. The van der Waals surface area contributed by atoms with Crippen LogP contribution in [-0.2, 0) is 11.3 Å². The largest absolute Gasteiger partial charge is 0.351 e. The number of nitrogens with two attached hydrogens (primary N) is 1. The van der Waals surface area contributed by atoms with Crippen LogP contribution in [-0.4, -0.2) is 11.9 Å². The van der Waals surface area contributed by atoms with E-state index in [-0.39, 0.29) is 18.3 Å². The SMILES string of the molecule is CC(C)C[C@H](N)C(=O)NCc1cccc2ccccc12.Cl. The number of fused-ring (bicyclic) bond motifs is 1. The maximum absolute atomic E-state index is 12.0.